The summed E-state index contributed by atoms with van der Waals surface area (Å²) in [6, 6.07) is 10.3. The minimum absolute atomic E-state index is 0. The van der Waals surface area contributed by atoms with E-state index in [2.05, 4.69) is 31.3 Å². The average molecular weight is 317 g/mol. The molecule has 1 aromatic carbocycles. The zero-order valence-corrected chi connectivity index (χ0v) is 13.8. The molecule has 0 saturated carbocycles. The highest BCUT2D eigenvalue weighted by Crippen LogP contribution is 2.23. The van der Waals surface area contributed by atoms with Crippen LogP contribution in [-0.4, -0.2) is 24.2 Å². The van der Waals surface area contributed by atoms with Gasteiger partial charge in [0, 0.05) is 12.3 Å². The number of halogens is 1. The molecule has 0 aliphatic rings. The highest BCUT2D eigenvalue weighted by atomic mass is 35.5. The molecule has 0 aliphatic heterocycles. The van der Waals surface area contributed by atoms with Gasteiger partial charge in [-0.05, 0) is 24.4 Å². The first kappa shape index (κ1) is 19.3. The normalized spacial score (nSPS) is 11.8. The molecule has 5 heteroatoms. The Balaban J connectivity index is 0.00000361. The summed E-state index contributed by atoms with van der Waals surface area (Å²) in [6.07, 6.45) is 0.833. The van der Waals surface area contributed by atoms with E-state index in [9.17, 15) is 4.79 Å². The lowest BCUT2D eigenvalue weighted by atomic mass is 10.1. The molecule has 0 heterocycles. The minimum Gasteiger partial charge on any atom is -0.355 e. The van der Waals surface area contributed by atoms with E-state index >= 15 is 0 Å². The molecule has 3 nitrogen and oxygen atoms in total. The number of hydrogen-bond acceptors (Lipinski definition) is 3. The summed E-state index contributed by atoms with van der Waals surface area (Å²) in [5.41, 5.74) is 6.69. The van der Waals surface area contributed by atoms with E-state index < -0.39 is 0 Å². The van der Waals surface area contributed by atoms with Gasteiger partial charge in [-0.2, -0.15) is 0 Å². The van der Waals surface area contributed by atoms with Gasteiger partial charge in [-0.25, -0.2) is 0 Å². The standard InChI is InChI=1S/C15H24N2OS.ClH/c1-12(2)14(15(18)17-10-6-9-16)19-11-13-7-4-3-5-8-13;/h3-5,7-8,12,14H,6,9-11,16H2,1-2H3,(H,17,18);1H. The van der Waals surface area contributed by atoms with Gasteiger partial charge in [0.1, 0.15) is 0 Å². The second-order valence-electron chi connectivity index (χ2n) is 4.89. The Morgan fingerprint density at radius 2 is 1.95 bits per heavy atom. The lowest BCUT2D eigenvalue weighted by Crippen LogP contribution is -2.36. The smallest absolute Gasteiger partial charge is 0.233 e. The third kappa shape index (κ3) is 7.17. The summed E-state index contributed by atoms with van der Waals surface area (Å²) in [4.78, 5) is 12.1. The molecule has 0 aromatic heterocycles. The van der Waals surface area contributed by atoms with E-state index in [4.69, 9.17) is 5.73 Å². The van der Waals surface area contributed by atoms with Gasteiger partial charge < -0.3 is 11.1 Å². The highest BCUT2D eigenvalue weighted by molar-refractivity contribution is 7.99. The Bertz CT molecular complexity index is 373. The number of nitrogens with two attached hydrogens (primary N) is 1. The second kappa shape index (κ2) is 11.0. The van der Waals surface area contributed by atoms with Crippen LogP contribution < -0.4 is 11.1 Å². The van der Waals surface area contributed by atoms with Gasteiger partial charge in [-0.3, -0.25) is 4.79 Å². The van der Waals surface area contributed by atoms with Crippen LogP contribution in [0.5, 0.6) is 0 Å². The van der Waals surface area contributed by atoms with E-state index in [1.807, 2.05) is 18.2 Å². The van der Waals surface area contributed by atoms with Crippen molar-refractivity contribution in [2.75, 3.05) is 13.1 Å². The summed E-state index contributed by atoms with van der Waals surface area (Å²) in [6.45, 7) is 5.46. The monoisotopic (exact) mass is 316 g/mol. The molecule has 1 atom stereocenters. The molecule has 1 amide bonds. The maximum absolute atomic E-state index is 12.1. The van der Waals surface area contributed by atoms with Crippen molar-refractivity contribution in [1.82, 2.24) is 5.32 Å². The van der Waals surface area contributed by atoms with Crippen molar-refractivity contribution in [3.8, 4) is 0 Å². The summed E-state index contributed by atoms with van der Waals surface area (Å²) < 4.78 is 0. The molecule has 3 N–H and O–H groups in total. The van der Waals surface area contributed by atoms with E-state index in [1.165, 1.54) is 5.56 Å². The van der Waals surface area contributed by atoms with E-state index in [0.29, 0.717) is 19.0 Å². The van der Waals surface area contributed by atoms with Crippen molar-refractivity contribution in [2.45, 2.75) is 31.3 Å². The van der Waals surface area contributed by atoms with E-state index in [1.54, 1.807) is 11.8 Å². The molecule has 0 fully saturated rings. The predicted octanol–water partition coefficient (Wildman–Crippen LogP) is 2.83. The molecule has 0 radical (unpaired) electrons. The second-order valence-corrected chi connectivity index (χ2v) is 6.02. The number of carbonyl (C=O) groups is 1. The summed E-state index contributed by atoms with van der Waals surface area (Å²) in [5.74, 6) is 1.32. The van der Waals surface area contributed by atoms with E-state index in [0.717, 1.165) is 12.2 Å². The molecule has 0 bridgehead atoms. The number of nitrogens with one attached hydrogen (secondary N) is 1. The third-order valence-corrected chi connectivity index (χ3v) is 4.43. The van der Waals surface area contributed by atoms with Crippen LogP contribution in [0, 0.1) is 5.92 Å². The Kier molecular flexibility index (Phi) is 10.6. The number of carbonyl (C=O) groups excluding carboxylic acids is 1. The molecule has 0 saturated heterocycles. The van der Waals surface area contributed by atoms with Crippen molar-refractivity contribution < 1.29 is 4.79 Å². The average Bonchev–Trinajstić information content (AvgIpc) is 2.40. The lowest BCUT2D eigenvalue weighted by molar-refractivity contribution is -0.121. The lowest BCUT2D eigenvalue weighted by Gasteiger charge is -2.19. The SMILES string of the molecule is CC(C)C(SCc1ccccc1)C(=O)NCCCN.Cl. The third-order valence-electron chi connectivity index (χ3n) is 2.82. The fraction of sp³-hybridized carbons (Fsp3) is 0.533. The fourth-order valence-electron chi connectivity index (χ4n) is 1.75. The first-order valence-electron chi connectivity index (χ1n) is 6.78. The van der Waals surface area contributed by atoms with Crippen molar-refractivity contribution in [1.29, 1.82) is 0 Å². The Hall–Kier alpha value is -0.710. The molecule has 1 rings (SSSR count). The minimum atomic E-state index is -0.00187. The molecular formula is C15H25ClN2OS. The highest BCUT2D eigenvalue weighted by Gasteiger charge is 2.22. The maximum Gasteiger partial charge on any atom is 0.233 e. The largest absolute Gasteiger partial charge is 0.355 e. The van der Waals surface area contributed by atoms with Crippen molar-refractivity contribution >= 4 is 30.1 Å². The number of hydrogen-bond donors (Lipinski definition) is 2. The number of thioether (sulfide) groups is 1. The van der Waals surface area contributed by atoms with Crippen LogP contribution in [0.4, 0.5) is 0 Å². The number of benzene rings is 1. The molecule has 20 heavy (non-hydrogen) atoms. The van der Waals surface area contributed by atoms with Crippen molar-refractivity contribution in [3.63, 3.8) is 0 Å². The molecular weight excluding hydrogens is 292 g/mol. The molecule has 1 aromatic rings. The van der Waals surface area contributed by atoms with Gasteiger partial charge in [0.15, 0.2) is 0 Å². The van der Waals surface area contributed by atoms with Gasteiger partial charge in [0.05, 0.1) is 5.25 Å². The molecule has 114 valence electrons. The summed E-state index contributed by atoms with van der Waals surface area (Å²) in [5, 5.41) is 2.96. The van der Waals surface area contributed by atoms with Gasteiger partial charge in [-0.1, -0.05) is 44.2 Å². The van der Waals surface area contributed by atoms with Gasteiger partial charge in [-0.15, -0.1) is 24.2 Å². The zero-order valence-electron chi connectivity index (χ0n) is 12.2. The van der Waals surface area contributed by atoms with E-state index in [-0.39, 0.29) is 23.6 Å². The van der Waals surface area contributed by atoms with Crippen molar-refractivity contribution in [2.24, 2.45) is 11.7 Å². The Morgan fingerprint density at radius 3 is 2.50 bits per heavy atom. The summed E-state index contributed by atoms with van der Waals surface area (Å²) >= 11 is 1.71. The molecule has 0 spiro atoms. The van der Waals surface area contributed by atoms with Crippen molar-refractivity contribution in [3.05, 3.63) is 35.9 Å². The van der Waals surface area contributed by atoms with Crippen LogP contribution in [0.25, 0.3) is 0 Å². The first-order chi connectivity index (χ1) is 9.15. The Morgan fingerprint density at radius 1 is 1.30 bits per heavy atom. The summed E-state index contributed by atoms with van der Waals surface area (Å²) in [7, 11) is 0. The molecule has 0 aliphatic carbocycles. The fourth-order valence-corrected chi connectivity index (χ4v) is 2.93. The van der Waals surface area contributed by atoms with Crippen LogP contribution in [-0.2, 0) is 10.5 Å². The molecule has 1 unspecified atom stereocenters. The van der Waals surface area contributed by atoms with Gasteiger partial charge in [0.2, 0.25) is 5.91 Å². The van der Waals surface area contributed by atoms with Crippen LogP contribution in [0.15, 0.2) is 30.3 Å². The van der Waals surface area contributed by atoms with Gasteiger partial charge in [0.25, 0.3) is 0 Å². The topological polar surface area (TPSA) is 55.1 Å². The number of rotatable bonds is 8. The van der Waals surface area contributed by atoms with Gasteiger partial charge >= 0.3 is 0 Å². The quantitative estimate of drug-likeness (QED) is 0.725. The van der Waals surface area contributed by atoms with Crippen LogP contribution in [0.3, 0.4) is 0 Å². The van der Waals surface area contributed by atoms with Crippen LogP contribution in [0.2, 0.25) is 0 Å². The zero-order chi connectivity index (χ0) is 14.1. The number of amides is 1. The Labute approximate surface area is 132 Å². The van der Waals surface area contributed by atoms with Crippen LogP contribution >= 0.6 is 24.2 Å². The first-order valence-corrected chi connectivity index (χ1v) is 7.83. The maximum atomic E-state index is 12.1. The van der Waals surface area contributed by atoms with Crippen LogP contribution in [0.1, 0.15) is 25.8 Å². The predicted molar refractivity (Wildman–Crippen MR) is 90.3 cm³/mol.